The lowest BCUT2D eigenvalue weighted by atomic mass is 10.1. The van der Waals surface area contributed by atoms with Crippen molar-refractivity contribution in [1.29, 1.82) is 0 Å². The molecule has 0 aliphatic heterocycles. The lowest BCUT2D eigenvalue weighted by Crippen LogP contribution is -1.96. The quantitative estimate of drug-likeness (QED) is 0.666. The Kier molecular flexibility index (Phi) is 4.31. The summed E-state index contributed by atoms with van der Waals surface area (Å²) in [5.74, 6) is -0.554. The second kappa shape index (κ2) is 6.16. The standard InChI is InChI=1S/C15H11ClFNO/c16-12-3-7-14(8-4-12)18-10-9-15(19)11-1-5-13(17)6-2-11/h1-10,18H. The van der Waals surface area contributed by atoms with Crippen LogP contribution in [-0.4, -0.2) is 5.78 Å². The van der Waals surface area contributed by atoms with Gasteiger partial charge in [0.1, 0.15) is 5.82 Å². The van der Waals surface area contributed by atoms with Gasteiger partial charge in [-0.1, -0.05) is 11.6 Å². The minimum Gasteiger partial charge on any atom is -0.362 e. The largest absolute Gasteiger partial charge is 0.362 e. The van der Waals surface area contributed by atoms with Crippen LogP contribution in [0.2, 0.25) is 5.02 Å². The number of carbonyl (C=O) groups is 1. The van der Waals surface area contributed by atoms with Crippen LogP contribution >= 0.6 is 11.6 Å². The van der Waals surface area contributed by atoms with Crippen molar-refractivity contribution < 1.29 is 9.18 Å². The van der Waals surface area contributed by atoms with Gasteiger partial charge < -0.3 is 5.32 Å². The monoisotopic (exact) mass is 275 g/mol. The van der Waals surface area contributed by atoms with Gasteiger partial charge in [-0.3, -0.25) is 4.79 Å². The van der Waals surface area contributed by atoms with Crippen molar-refractivity contribution in [2.24, 2.45) is 0 Å². The molecule has 0 saturated carbocycles. The highest BCUT2D eigenvalue weighted by atomic mass is 35.5. The van der Waals surface area contributed by atoms with E-state index in [-0.39, 0.29) is 11.6 Å². The van der Waals surface area contributed by atoms with E-state index in [1.807, 2.05) is 0 Å². The Balaban J connectivity index is 1.97. The second-order valence-electron chi connectivity index (χ2n) is 3.86. The summed E-state index contributed by atoms with van der Waals surface area (Å²) in [5, 5.41) is 3.60. The Labute approximate surface area is 115 Å². The van der Waals surface area contributed by atoms with Crippen molar-refractivity contribution in [3.63, 3.8) is 0 Å². The number of halogens is 2. The molecule has 4 heteroatoms. The SMILES string of the molecule is O=C(C=CNc1ccc(Cl)cc1)c1ccc(F)cc1. The molecule has 0 heterocycles. The molecule has 2 nitrogen and oxygen atoms in total. The molecule has 0 saturated heterocycles. The summed E-state index contributed by atoms with van der Waals surface area (Å²) in [5.41, 5.74) is 1.27. The third-order valence-electron chi connectivity index (χ3n) is 2.46. The highest BCUT2D eigenvalue weighted by Gasteiger charge is 2.00. The molecule has 0 amide bonds. The smallest absolute Gasteiger partial charge is 0.187 e. The predicted molar refractivity (Wildman–Crippen MR) is 74.9 cm³/mol. The second-order valence-corrected chi connectivity index (χ2v) is 4.29. The molecule has 0 unspecified atom stereocenters. The zero-order valence-electron chi connectivity index (χ0n) is 9.94. The Morgan fingerprint density at radius 3 is 2.32 bits per heavy atom. The van der Waals surface area contributed by atoms with E-state index in [1.165, 1.54) is 36.5 Å². The first kappa shape index (κ1) is 13.3. The van der Waals surface area contributed by atoms with Gasteiger partial charge in [-0.2, -0.15) is 0 Å². The van der Waals surface area contributed by atoms with Crippen molar-refractivity contribution in [2.75, 3.05) is 5.32 Å². The van der Waals surface area contributed by atoms with Gasteiger partial charge in [-0.25, -0.2) is 4.39 Å². The summed E-state index contributed by atoms with van der Waals surface area (Å²) in [7, 11) is 0. The first-order valence-electron chi connectivity index (χ1n) is 5.64. The summed E-state index contributed by atoms with van der Waals surface area (Å²) in [4.78, 5) is 11.7. The van der Waals surface area contributed by atoms with Gasteiger partial charge in [0.2, 0.25) is 0 Å². The fourth-order valence-corrected chi connectivity index (χ4v) is 1.60. The third kappa shape index (κ3) is 3.93. The van der Waals surface area contributed by atoms with Crippen molar-refractivity contribution >= 4 is 23.1 Å². The van der Waals surface area contributed by atoms with E-state index >= 15 is 0 Å². The summed E-state index contributed by atoms with van der Waals surface area (Å²) in [6, 6.07) is 12.5. The first-order valence-corrected chi connectivity index (χ1v) is 6.01. The Bertz CT molecular complexity index is 591. The zero-order chi connectivity index (χ0) is 13.7. The lowest BCUT2D eigenvalue weighted by Gasteiger charge is -2.00. The Morgan fingerprint density at radius 1 is 1.05 bits per heavy atom. The fourth-order valence-electron chi connectivity index (χ4n) is 1.47. The van der Waals surface area contributed by atoms with Gasteiger partial charge in [0.15, 0.2) is 5.78 Å². The van der Waals surface area contributed by atoms with E-state index in [4.69, 9.17) is 11.6 Å². The van der Waals surface area contributed by atoms with Gasteiger partial charge in [0.05, 0.1) is 0 Å². The minimum atomic E-state index is -0.361. The van der Waals surface area contributed by atoms with E-state index in [2.05, 4.69) is 5.32 Å². The molecule has 19 heavy (non-hydrogen) atoms. The number of ketones is 1. The average Bonchev–Trinajstić information content (AvgIpc) is 2.41. The molecule has 0 radical (unpaired) electrons. The molecule has 1 N–H and O–H groups in total. The summed E-state index contributed by atoms with van der Waals surface area (Å²) >= 11 is 5.76. The van der Waals surface area contributed by atoms with Crippen molar-refractivity contribution in [3.05, 3.63) is 77.2 Å². The zero-order valence-corrected chi connectivity index (χ0v) is 10.7. The maximum Gasteiger partial charge on any atom is 0.187 e. The molecule has 0 bridgehead atoms. The number of allylic oxidation sites excluding steroid dienone is 1. The molecular formula is C15H11ClFNO. The maximum absolute atomic E-state index is 12.7. The Morgan fingerprint density at radius 2 is 1.68 bits per heavy atom. The molecule has 0 spiro atoms. The number of benzene rings is 2. The highest BCUT2D eigenvalue weighted by molar-refractivity contribution is 6.30. The van der Waals surface area contributed by atoms with Crippen molar-refractivity contribution in [2.45, 2.75) is 0 Å². The van der Waals surface area contributed by atoms with Crippen LogP contribution in [0.5, 0.6) is 0 Å². The maximum atomic E-state index is 12.7. The van der Waals surface area contributed by atoms with Gasteiger partial charge in [-0.15, -0.1) is 0 Å². The molecule has 0 fully saturated rings. The summed E-state index contributed by atoms with van der Waals surface area (Å²) in [6.07, 6.45) is 2.93. The van der Waals surface area contributed by atoms with Crippen molar-refractivity contribution in [1.82, 2.24) is 0 Å². The molecule has 96 valence electrons. The van der Waals surface area contributed by atoms with Crippen LogP contribution in [0.15, 0.2) is 60.8 Å². The van der Waals surface area contributed by atoms with Gasteiger partial charge in [0.25, 0.3) is 0 Å². The number of hydrogen-bond donors (Lipinski definition) is 1. The molecule has 2 rings (SSSR count). The van der Waals surface area contributed by atoms with E-state index < -0.39 is 0 Å². The van der Waals surface area contributed by atoms with Crippen LogP contribution in [0.25, 0.3) is 0 Å². The van der Waals surface area contributed by atoms with Crippen LogP contribution in [-0.2, 0) is 0 Å². The topological polar surface area (TPSA) is 29.1 Å². The van der Waals surface area contributed by atoms with Crippen LogP contribution in [0, 0.1) is 5.82 Å². The normalized spacial score (nSPS) is 10.6. The first-order chi connectivity index (χ1) is 9.15. The molecule has 0 atom stereocenters. The van der Waals surface area contributed by atoms with E-state index in [1.54, 1.807) is 24.3 Å². The average molecular weight is 276 g/mol. The molecule has 2 aromatic carbocycles. The van der Waals surface area contributed by atoms with Gasteiger partial charge in [0, 0.05) is 28.5 Å². The predicted octanol–water partition coefficient (Wildman–Crippen LogP) is 4.29. The number of nitrogens with one attached hydrogen (secondary N) is 1. The third-order valence-corrected chi connectivity index (χ3v) is 2.71. The van der Waals surface area contributed by atoms with E-state index in [0.717, 1.165) is 5.69 Å². The summed E-state index contributed by atoms with van der Waals surface area (Å²) in [6.45, 7) is 0. The highest BCUT2D eigenvalue weighted by Crippen LogP contribution is 2.13. The summed E-state index contributed by atoms with van der Waals surface area (Å²) < 4.78 is 12.7. The number of hydrogen-bond acceptors (Lipinski definition) is 2. The molecular weight excluding hydrogens is 265 g/mol. The van der Waals surface area contributed by atoms with Crippen LogP contribution in [0.1, 0.15) is 10.4 Å². The molecule has 2 aromatic rings. The Hall–Kier alpha value is -2.13. The van der Waals surface area contributed by atoms with Crippen molar-refractivity contribution in [3.8, 4) is 0 Å². The number of anilines is 1. The minimum absolute atomic E-state index is 0.193. The number of rotatable bonds is 4. The molecule has 0 aliphatic rings. The van der Waals surface area contributed by atoms with Crippen LogP contribution in [0.3, 0.4) is 0 Å². The molecule has 0 aliphatic carbocycles. The fraction of sp³-hybridized carbons (Fsp3) is 0. The van der Waals surface area contributed by atoms with Crippen LogP contribution < -0.4 is 5.32 Å². The lowest BCUT2D eigenvalue weighted by molar-refractivity contribution is 0.104. The number of carbonyl (C=O) groups excluding carboxylic acids is 1. The van der Waals surface area contributed by atoms with Gasteiger partial charge in [-0.05, 0) is 48.5 Å². The van der Waals surface area contributed by atoms with E-state index in [9.17, 15) is 9.18 Å². The molecule has 0 aromatic heterocycles. The van der Waals surface area contributed by atoms with Gasteiger partial charge >= 0.3 is 0 Å². The van der Waals surface area contributed by atoms with Crippen LogP contribution in [0.4, 0.5) is 10.1 Å². The van der Waals surface area contributed by atoms with E-state index in [0.29, 0.717) is 10.6 Å².